The smallest absolute Gasteiger partial charge is 0.259 e. The molecule has 0 fully saturated rings. The van der Waals surface area contributed by atoms with E-state index >= 15 is 0 Å². The molecule has 0 saturated carbocycles. The van der Waals surface area contributed by atoms with Gasteiger partial charge >= 0.3 is 0 Å². The Morgan fingerprint density at radius 2 is 1.90 bits per heavy atom. The Kier molecular flexibility index (Phi) is 5.01. The van der Waals surface area contributed by atoms with E-state index in [0.717, 1.165) is 11.1 Å². The number of H-pyrrole nitrogens is 1. The number of anilines is 1. The second kappa shape index (κ2) is 7.76. The normalized spacial score (nSPS) is 10.7. The Morgan fingerprint density at radius 3 is 2.62 bits per heavy atom. The van der Waals surface area contributed by atoms with Crippen LogP contribution in [0.2, 0.25) is 5.15 Å². The Balaban J connectivity index is 1.70. The number of methoxy groups -OCH3 is 2. The van der Waals surface area contributed by atoms with Crippen molar-refractivity contribution in [3.63, 3.8) is 0 Å². The zero-order valence-corrected chi connectivity index (χ0v) is 16.3. The summed E-state index contributed by atoms with van der Waals surface area (Å²) in [7, 11) is 3.15. The van der Waals surface area contributed by atoms with Gasteiger partial charge in [0.25, 0.3) is 5.91 Å². The fourth-order valence-corrected chi connectivity index (χ4v) is 2.99. The molecule has 9 heteroatoms. The summed E-state index contributed by atoms with van der Waals surface area (Å²) in [5, 5.41) is 2.95. The van der Waals surface area contributed by atoms with Crippen molar-refractivity contribution in [2.24, 2.45) is 0 Å². The van der Waals surface area contributed by atoms with Crippen molar-refractivity contribution < 1.29 is 14.3 Å². The molecule has 0 radical (unpaired) electrons. The summed E-state index contributed by atoms with van der Waals surface area (Å²) in [4.78, 5) is 28.5. The number of hydrogen-bond acceptors (Lipinski definition) is 6. The molecule has 4 aromatic rings. The maximum absolute atomic E-state index is 12.7. The van der Waals surface area contributed by atoms with Crippen molar-refractivity contribution in [1.82, 2.24) is 19.9 Å². The van der Waals surface area contributed by atoms with E-state index in [4.69, 9.17) is 21.1 Å². The van der Waals surface area contributed by atoms with Crippen molar-refractivity contribution in [1.29, 1.82) is 0 Å². The van der Waals surface area contributed by atoms with Crippen molar-refractivity contribution in [3.8, 4) is 22.9 Å². The molecule has 2 aromatic carbocycles. The number of nitrogens with zero attached hydrogens (tertiary/aromatic N) is 3. The highest BCUT2D eigenvalue weighted by atomic mass is 35.5. The number of ether oxygens (including phenoxy) is 2. The van der Waals surface area contributed by atoms with Crippen LogP contribution in [0.25, 0.3) is 22.4 Å². The average Bonchev–Trinajstić information content (AvgIpc) is 3.19. The molecule has 0 spiro atoms. The molecule has 0 aliphatic carbocycles. The predicted octanol–water partition coefficient (Wildman–Crippen LogP) is 3.94. The Hall–Kier alpha value is -3.65. The largest absolute Gasteiger partial charge is 0.493 e. The predicted molar refractivity (Wildman–Crippen MR) is 110 cm³/mol. The first-order chi connectivity index (χ1) is 14.1. The highest BCUT2D eigenvalue weighted by Crippen LogP contribution is 2.32. The molecule has 2 N–H and O–H groups in total. The van der Waals surface area contributed by atoms with E-state index in [1.807, 2.05) is 18.2 Å². The molecular formula is C20H16ClN5O3. The van der Waals surface area contributed by atoms with Gasteiger partial charge in [0.15, 0.2) is 17.3 Å². The fraction of sp³-hybridized carbons (Fsp3) is 0.100. The third-order valence-electron chi connectivity index (χ3n) is 4.28. The molecule has 29 heavy (non-hydrogen) atoms. The number of amides is 1. The van der Waals surface area contributed by atoms with Gasteiger partial charge < -0.3 is 19.8 Å². The van der Waals surface area contributed by atoms with Crippen LogP contribution in [0.5, 0.6) is 11.5 Å². The highest BCUT2D eigenvalue weighted by molar-refractivity contribution is 6.29. The summed E-state index contributed by atoms with van der Waals surface area (Å²) in [5.74, 6) is 1.76. The molecule has 0 unspecified atom stereocenters. The standard InChI is InChI=1S/C20H16ClN5O3/c1-28-14-7-6-11(8-15(14)29-2)19-24-13-5-3-4-12(18(13)26-19)20(27)25-17-10-22-16(21)9-23-17/h3-10H,1-2H3,(H,24,26)(H,23,25,27). The Morgan fingerprint density at radius 1 is 1.07 bits per heavy atom. The van der Waals surface area contributed by atoms with Gasteiger partial charge in [0.2, 0.25) is 0 Å². The summed E-state index contributed by atoms with van der Waals surface area (Å²) in [6.07, 6.45) is 2.75. The third kappa shape index (κ3) is 3.70. The molecule has 0 saturated heterocycles. The van der Waals surface area contributed by atoms with Gasteiger partial charge in [0.1, 0.15) is 16.5 Å². The minimum Gasteiger partial charge on any atom is -0.493 e. The van der Waals surface area contributed by atoms with Crippen molar-refractivity contribution in [3.05, 3.63) is 59.5 Å². The van der Waals surface area contributed by atoms with Gasteiger partial charge in [0.05, 0.1) is 37.7 Å². The number of aromatic nitrogens is 4. The van der Waals surface area contributed by atoms with Crippen LogP contribution in [0, 0.1) is 0 Å². The maximum Gasteiger partial charge on any atom is 0.259 e. The molecule has 0 aliphatic rings. The lowest BCUT2D eigenvalue weighted by atomic mass is 10.1. The summed E-state index contributed by atoms with van der Waals surface area (Å²) in [6, 6.07) is 10.8. The topological polar surface area (TPSA) is 102 Å². The molecule has 2 aromatic heterocycles. The van der Waals surface area contributed by atoms with Crippen LogP contribution in [0.1, 0.15) is 10.4 Å². The van der Waals surface area contributed by atoms with E-state index in [9.17, 15) is 4.79 Å². The van der Waals surface area contributed by atoms with Gasteiger partial charge in [-0.3, -0.25) is 4.79 Å². The lowest BCUT2D eigenvalue weighted by Crippen LogP contribution is -2.13. The number of carbonyl (C=O) groups is 1. The number of imidazole rings is 1. The van der Waals surface area contributed by atoms with E-state index in [-0.39, 0.29) is 11.1 Å². The van der Waals surface area contributed by atoms with Gasteiger partial charge in [0, 0.05) is 5.56 Å². The van der Waals surface area contributed by atoms with E-state index < -0.39 is 0 Å². The van der Waals surface area contributed by atoms with Gasteiger partial charge in [-0.15, -0.1) is 0 Å². The second-order valence-corrected chi connectivity index (χ2v) is 6.42. The van der Waals surface area contributed by atoms with E-state index in [2.05, 4.69) is 25.3 Å². The summed E-state index contributed by atoms with van der Waals surface area (Å²) in [5.41, 5.74) is 2.47. The SMILES string of the molecule is COc1ccc(-c2nc3c(C(=O)Nc4cnc(Cl)cn4)cccc3[nH]2)cc1OC. The van der Waals surface area contributed by atoms with Crippen molar-refractivity contribution in [2.45, 2.75) is 0 Å². The Bertz CT molecular complexity index is 1190. The first kappa shape index (κ1) is 18.7. The van der Waals surface area contributed by atoms with Crippen LogP contribution in [0.15, 0.2) is 48.8 Å². The molecule has 146 valence electrons. The van der Waals surface area contributed by atoms with E-state index in [1.54, 1.807) is 32.4 Å². The lowest BCUT2D eigenvalue weighted by molar-refractivity contribution is 0.102. The number of rotatable bonds is 5. The van der Waals surface area contributed by atoms with Crippen molar-refractivity contribution in [2.75, 3.05) is 19.5 Å². The molecular weight excluding hydrogens is 394 g/mol. The van der Waals surface area contributed by atoms with Gasteiger partial charge in [-0.05, 0) is 30.3 Å². The van der Waals surface area contributed by atoms with Crippen molar-refractivity contribution >= 4 is 34.4 Å². The number of hydrogen-bond donors (Lipinski definition) is 2. The summed E-state index contributed by atoms with van der Waals surface area (Å²) < 4.78 is 10.6. The number of benzene rings is 2. The van der Waals surface area contributed by atoms with Crippen LogP contribution in [0.4, 0.5) is 5.82 Å². The quantitative estimate of drug-likeness (QED) is 0.517. The van der Waals surface area contributed by atoms with E-state index in [0.29, 0.717) is 34.2 Å². The summed E-state index contributed by atoms with van der Waals surface area (Å²) in [6.45, 7) is 0. The first-order valence-corrected chi connectivity index (χ1v) is 8.97. The van der Waals surface area contributed by atoms with Crippen LogP contribution in [-0.2, 0) is 0 Å². The Labute approximate surface area is 170 Å². The zero-order chi connectivity index (χ0) is 20.4. The van der Waals surface area contributed by atoms with E-state index in [1.165, 1.54) is 12.4 Å². The zero-order valence-electron chi connectivity index (χ0n) is 15.6. The van der Waals surface area contributed by atoms with Gasteiger partial charge in [-0.1, -0.05) is 17.7 Å². The molecule has 4 rings (SSSR count). The van der Waals surface area contributed by atoms with Crippen LogP contribution in [-0.4, -0.2) is 40.1 Å². The average molecular weight is 410 g/mol. The molecule has 1 amide bonds. The van der Waals surface area contributed by atoms with Gasteiger partial charge in [-0.2, -0.15) is 0 Å². The van der Waals surface area contributed by atoms with Crippen LogP contribution < -0.4 is 14.8 Å². The highest BCUT2D eigenvalue weighted by Gasteiger charge is 2.16. The monoisotopic (exact) mass is 409 g/mol. The number of fused-ring (bicyclic) bond motifs is 1. The third-order valence-corrected chi connectivity index (χ3v) is 4.47. The minimum absolute atomic E-state index is 0.247. The van der Waals surface area contributed by atoms with Crippen LogP contribution >= 0.6 is 11.6 Å². The first-order valence-electron chi connectivity index (χ1n) is 8.59. The number of carbonyl (C=O) groups excluding carboxylic acids is 1. The maximum atomic E-state index is 12.7. The molecule has 8 nitrogen and oxygen atoms in total. The number of aromatic amines is 1. The minimum atomic E-state index is -0.349. The molecule has 0 atom stereocenters. The van der Waals surface area contributed by atoms with Gasteiger partial charge in [-0.25, -0.2) is 15.0 Å². The number of para-hydroxylation sites is 1. The second-order valence-electron chi connectivity index (χ2n) is 6.04. The number of halogens is 1. The van der Waals surface area contributed by atoms with Crippen LogP contribution in [0.3, 0.4) is 0 Å². The summed E-state index contributed by atoms with van der Waals surface area (Å²) >= 11 is 5.73. The lowest BCUT2D eigenvalue weighted by Gasteiger charge is -2.08. The fourth-order valence-electron chi connectivity index (χ4n) is 2.90. The molecule has 0 bridgehead atoms. The number of nitrogens with one attached hydrogen (secondary N) is 2. The molecule has 2 heterocycles. The molecule has 0 aliphatic heterocycles.